The van der Waals surface area contributed by atoms with Gasteiger partial charge in [-0.15, -0.1) is 0 Å². The number of nitrogen functional groups attached to an aromatic ring is 1. The van der Waals surface area contributed by atoms with E-state index in [1.165, 1.54) is 0 Å². The highest BCUT2D eigenvalue weighted by atomic mass is 16.2. The summed E-state index contributed by atoms with van der Waals surface area (Å²) in [5.41, 5.74) is 6.36. The van der Waals surface area contributed by atoms with Gasteiger partial charge in [-0.1, -0.05) is 13.8 Å². The summed E-state index contributed by atoms with van der Waals surface area (Å²) in [5.74, 6) is 1.06. The van der Waals surface area contributed by atoms with Crippen molar-refractivity contribution in [3.63, 3.8) is 0 Å². The number of rotatable bonds is 5. The molecule has 1 amide bonds. The number of aryl methyl sites for hydroxylation is 1. The van der Waals surface area contributed by atoms with Crippen molar-refractivity contribution in [1.82, 2.24) is 15.1 Å². The lowest BCUT2D eigenvalue weighted by molar-refractivity contribution is -0.119. The second-order valence-corrected chi connectivity index (χ2v) is 4.64. The van der Waals surface area contributed by atoms with Gasteiger partial charge in [-0.3, -0.25) is 9.48 Å². The van der Waals surface area contributed by atoms with Crippen LogP contribution in [0.1, 0.15) is 13.8 Å². The number of nitrogens with two attached hydrogens (primary N) is 1. The zero-order valence-corrected chi connectivity index (χ0v) is 10.9. The van der Waals surface area contributed by atoms with Gasteiger partial charge in [0.15, 0.2) is 5.82 Å². The quantitative estimate of drug-likeness (QED) is 0.770. The third-order valence-electron chi connectivity index (χ3n) is 2.29. The minimum atomic E-state index is -0.0220. The number of amides is 1. The van der Waals surface area contributed by atoms with Crippen molar-refractivity contribution < 1.29 is 4.79 Å². The average Bonchev–Trinajstić information content (AvgIpc) is 2.55. The molecule has 0 aromatic carbocycles. The fourth-order valence-corrected chi connectivity index (χ4v) is 1.46. The summed E-state index contributed by atoms with van der Waals surface area (Å²) in [5, 5.41) is 7.05. The van der Waals surface area contributed by atoms with E-state index in [2.05, 4.69) is 24.3 Å². The molecule has 0 saturated heterocycles. The summed E-state index contributed by atoms with van der Waals surface area (Å²) in [6, 6.07) is 0. The number of aromatic nitrogens is 2. The van der Waals surface area contributed by atoms with Crippen molar-refractivity contribution in [2.24, 2.45) is 13.0 Å². The van der Waals surface area contributed by atoms with Gasteiger partial charge in [0.25, 0.3) is 0 Å². The smallest absolute Gasteiger partial charge is 0.239 e. The van der Waals surface area contributed by atoms with E-state index in [4.69, 9.17) is 5.73 Å². The molecule has 0 fully saturated rings. The van der Waals surface area contributed by atoms with Gasteiger partial charge in [0, 0.05) is 26.8 Å². The molecular weight excluding hydrogens is 218 g/mol. The number of anilines is 2. The highest BCUT2D eigenvalue weighted by Gasteiger charge is 2.13. The van der Waals surface area contributed by atoms with Gasteiger partial charge in [-0.05, 0) is 5.92 Å². The van der Waals surface area contributed by atoms with Crippen LogP contribution in [0.15, 0.2) is 6.20 Å². The molecule has 0 atom stereocenters. The first kappa shape index (κ1) is 13.3. The maximum Gasteiger partial charge on any atom is 0.239 e. The van der Waals surface area contributed by atoms with Gasteiger partial charge in [0.1, 0.15) is 0 Å². The Bertz CT molecular complexity index is 385. The molecule has 0 radical (unpaired) electrons. The normalized spacial score (nSPS) is 10.6. The van der Waals surface area contributed by atoms with Crippen LogP contribution in [0, 0.1) is 5.92 Å². The van der Waals surface area contributed by atoms with E-state index in [-0.39, 0.29) is 12.5 Å². The summed E-state index contributed by atoms with van der Waals surface area (Å²) in [6.45, 7) is 5.06. The molecular formula is C11H21N5O. The van der Waals surface area contributed by atoms with Crippen LogP contribution in [0.3, 0.4) is 0 Å². The fraction of sp³-hybridized carbons (Fsp3) is 0.636. The molecule has 1 rings (SSSR count). The molecule has 0 saturated carbocycles. The first-order valence-electron chi connectivity index (χ1n) is 5.67. The van der Waals surface area contributed by atoms with Crippen LogP contribution in [0.2, 0.25) is 0 Å². The van der Waals surface area contributed by atoms with Gasteiger partial charge < -0.3 is 16.0 Å². The number of nitrogens with one attached hydrogen (secondary N) is 1. The van der Waals surface area contributed by atoms with Crippen LogP contribution in [-0.2, 0) is 11.8 Å². The predicted molar refractivity (Wildman–Crippen MR) is 68.7 cm³/mol. The zero-order valence-electron chi connectivity index (χ0n) is 10.9. The third-order valence-corrected chi connectivity index (χ3v) is 2.29. The Morgan fingerprint density at radius 3 is 2.76 bits per heavy atom. The molecule has 1 aromatic rings. The molecule has 17 heavy (non-hydrogen) atoms. The van der Waals surface area contributed by atoms with Crippen LogP contribution in [-0.4, -0.2) is 35.8 Å². The lowest BCUT2D eigenvalue weighted by Crippen LogP contribution is -2.37. The Hall–Kier alpha value is -1.72. The van der Waals surface area contributed by atoms with Crippen molar-refractivity contribution in [3.05, 3.63) is 6.20 Å². The molecule has 1 heterocycles. The Morgan fingerprint density at radius 1 is 1.65 bits per heavy atom. The van der Waals surface area contributed by atoms with Crippen LogP contribution >= 0.6 is 0 Å². The summed E-state index contributed by atoms with van der Waals surface area (Å²) < 4.78 is 1.63. The molecule has 0 bridgehead atoms. The SMILES string of the molecule is CC(C)CNC(=O)CN(C)c1nn(C)cc1N. The number of nitrogens with zero attached hydrogens (tertiary/aromatic N) is 3. The van der Waals surface area contributed by atoms with Gasteiger partial charge in [0.05, 0.1) is 12.2 Å². The van der Waals surface area contributed by atoms with E-state index in [1.54, 1.807) is 29.9 Å². The number of carbonyl (C=O) groups excluding carboxylic acids is 1. The van der Waals surface area contributed by atoms with E-state index >= 15 is 0 Å². The average molecular weight is 239 g/mol. The highest BCUT2D eigenvalue weighted by molar-refractivity contribution is 5.82. The summed E-state index contributed by atoms with van der Waals surface area (Å²) in [6.07, 6.45) is 1.72. The lowest BCUT2D eigenvalue weighted by atomic mass is 10.2. The topological polar surface area (TPSA) is 76.2 Å². The summed E-state index contributed by atoms with van der Waals surface area (Å²) in [7, 11) is 3.60. The Labute approximate surface area is 102 Å². The molecule has 0 unspecified atom stereocenters. The number of carbonyl (C=O) groups is 1. The minimum Gasteiger partial charge on any atom is -0.394 e. The standard InChI is InChI=1S/C11H21N5O/c1-8(2)5-13-10(17)7-15(3)11-9(12)6-16(4)14-11/h6,8H,5,7,12H2,1-4H3,(H,13,17). The molecule has 1 aromatic heterocycles. The number of hydrogen-bond acceptors (Lipinski definition) is 4. The van der Waals surface area contributed by atoms with Crippen LogP contribution in [0.4, 0.5) is 11.5 Å². The summed E-state index contributed by atoms with van der Waals surface area (Å²) >= 11 is 0. The van der Waals surface area contributed by atoms with Crippen LogP contribution in [0.5, 0.6) is 0 Å². The van der Waals surface area contributed by atoms with Crippen molar-refractivity contribution in [2.45, 2.75) is 13.8 Å². The molecule has 3 N–H and O–H groups in total. The van der Waals surface area contributed by atoms with E-state index in [9.17, 15) is 4.79 Å². The highest BCUT2D eigenvalue weighted by Crippen LogP contribution is 2.17. The van der Waals surface area contributed by atoms with E-state index in [0.29, 0.717) is 24.0 Å². The maximum atomic E-state index is 11.6. The number of likely N-dealkylation sites (N-methyl/N-ethyl adjacent to an activating group) is 1. The van der Waals surface area contributed by atoms with Gasteiger partial charge in [-0.2, -0.15) is 5.10 Å². The molecule has 96 valence electrons. The minimum absolute atomic E-state index is 0.0220. The van der Waals surface area contributed by atoms with Crippen molar-refractivity contribution in [1.29, 1.82) is 0 Å². The largest absolute Gasteiger partial charge is 0.394 e. The van der Waals surface area contributed by atoms with Crippen LogP contribution < -0.4 is 16.0 Å². The molecule has 6 nitrogen and oxygen atoms in total. The van der Waals surface area contributed by atoms with Crippen molar-refractivity contribution in [2.75, 3.05) is 30.8 Å². The molecule has 0 aliphatic heterocycles. The summed E-state index contributed by atoms with van der Waals surface area (Å²) in [4.78, 5) is 13.4. The maximum absolute atomic E-state index is 11.6. The second kappa shape index (κ2) is 5.56. The number of hydrogen-bond donors (Lipinski definition) is 2. The fourth-order valence-electron chi connectivity index (χ4n) is 1.46. The second-order valence-electron chi connectivity index (χ2n) is 4.64. The van der Waals surface area contributed by atoms with E-state index in [0.717, 1.165) is 0 Å². The van der Waals surface area contributed by atoms with Gasteiger partial charge >= 0.3 is 0 Å². The van der Waals surface area contributed by atoms with Gasteiger partial charge in [-0.25, -0.2) is 0 Å². The molecule has 6 heteroatoms. The monoisotopic (exact) mass is 239 g/mol. The lowest BCUT2D eigenvalue weighted by Gasteiger charge is -2.17. The van der Waals surface area contributed by atoms with Crippen LogP contribution in [0.25, 0.3) is 0 Å². The Kier molecular flexibility index (Phi) is 4.37. The molecule has 0 aliphatic carbocycles. The Balaban J connectivity index is 2.51. The third kappa shape index (κ3) is 3.97. The van der Waals surface area contributed by atoms with E-state index < -0.39 is 0 Å². The van der Waals surface area contributed by atoms with E-state index in [1.807, 2.05) is 0 Å². The Morgan fingerprint density at radius 2 is 2.29 bits per heavy atom. The van der Waals surface area contributed by atoms with Crippen molar-refractivity contribution in [3.8, 4) is 0 Å². The molecule has 0 spiro atoms. The first-order valence-corrected chi connectivity index (χ1v) is 5.67. The zero-order chi connectivity index (χ0) is 13.0. The predicted octanol–water partition coefficient (Wildman–Crippen LogP) is 0.211. The first-order chi connectivity index (χ1) is 7.90. The van der Waals surface area contributed by atoms with Crippen molar-refractivity contribution >= 4 is 17.4 Å². The molecule has 0 aliphatic rings. The van der Waals surface area contributed by atoms with Gasteiger partial charge in [0.2, 0.25) is 5.91 Å².